The Labute approximate surface area is 172 Å². The molecule has 1 spiro atoms. The molecule has 1 unspecified atom stereocenters. The Bertz CT molecular complexity index is 897. The van der Waals surface area contributed by atoms with Gasteiger partial charge in [0.15, 0.2) is 0 Å². The van der Waals surface area contributed by atoms with Crippen molar-refractivity contribution in [2.45, 2.75) is 44.8 Å². The molecule has 160 valence electrons. The minimum atomic E-state index is -4.48. The average molecular weight is 433 g/mol. The van der Waals surface area contributed by atoms with E-state index < -0.39 is 17.5 Å². The maximum absolute atomic E-state index is 13.5. The highest BCUT2D eigenvalue weighted by molar-refractivity contribution is 5.85. The molecule has 6 nitrogen and oxygen atoms in total. The molecule has 1 aromatic heterocycles. The predicted octanol–water partition coefficient (Wildman–Crippen LogP) is 4.05. The predicted molar refractivity (Wildman–Crippen MR) is 105 cm³/mol. The van der Waals surface area contributed by atoms with E-state index in [-0.39, 0.29) is 30.0 Å². The summed E-state index contributed by atoms with van der Waals surface area (Å²) in [6.45, 7) is 3.97. The molecule has 1 aliphatic heterocycles. The number of aromatic amines is 1. The second-order valence-corrected chi connectivity index (χ2v) is 8.03. The molecule has 2 heterocycles. The molecule has 4 rings (SSSR count). The number of nitrogens with one attached hydrogen (secondary N) is 3. The van der Waals surface area contributed by atoms with Crippen LogP contribution >= 0.6 is 12.4 Å². The largest absolute Gasteiger partial charge is 0.434 e. The smallest absolute Gasteiger partial charge is 0.388 e. The third-order valence-electron chi connectivity index (χ3n) is 6.15. The van der Waals surface area contributed by atoms with Crippen LogP contribution in [0.1, 0.15) is 38.2 Å². The molecule has 1 saturated carbocycles. The van der Waals surface area contributed by atoms with E-state index in [0.717, 1.165) is 44.8 Å². The van der Waals surface area contributed by atoms with Crippen LogP contribution < -0.4 is 16.4 Å². The van der Waals surface area contributed by atoms with Crippen molar-refractivity contribution in [3.8, 4) is 11.5 Å². The Morgan fingerprint density at radius 3 is 2.55 bits per heavy atom. The number of H-pyrrole nitrogens is 1. The summed E-state index contributed by atoms with van der Waals surface area (Å²) in [5.74, 6) is -0.447. The lowest BCUT2D eigenvalue weighted by molar-refractivity contribution is -0.137. The van der Waals surface area contributed by atoms with Gasteiger partial charge in [0.1, 0.15) is 0 Å². The van der Waals surface area contributed by atoms with Crippen molar-refractivity contribution in [1.29, 1.82) is 0 Å². The number of nitrogens with zero attached hydrogens (tertiary/aromatic N) is 1. The summed E-state index contributed by atoms with van der Waals surface area (Å²) in [5.41, 5.74) is -0.0882. The number of benzene rings is 1. The van der Waals surface area contributed by atoms with Gasteiger partial charge in [0, 0.05) is 17.3 Å². The maximum Gasteiger partial charge on any atom is 0.434 e. The Balaban J connectivity index is 0.00000240. The first-order valence-electron chi connectivity index (χ1n) is 9.50. The van der Waals surface area contributed by atoms with Gasteiger partial charge in [-0.05, 0) is 75.2 Å². The molecule has 0 amide bonds. The topological polar surface area (TPSA) is 83.0 Å². The van der Waals surface area contributed by atoms with E-state index in [1.165, 1.54) is 12.1 Å². The molecular formula is C19H24ClF3N4O2. The Kier molecular flexibility index (Phi) is 6.01. The van der Waals surface area contributed by atoms with Gasteiger partial charge in [-0.25, -0.2) is 9.89 Å². The molecule has 3 N–H and O–H groups in total. The van der Waals surface area contributed by atoms with Crippen LogP contribution in [0.4, 0.5) is 18.9 Å². The van der Waals surface area contributed by atoms with Gasteiger partial charge in [-0.2, -0.15) is 13.2 Å². The zero-order valence-corrected chi connectivity index (χ0v) is 16.8. The highest BCUT2D eigenvalue weighted by Crippen LogP contribution is 2.53. The van der Waals surface area contributed by atoms with Crippen LogP contribution in [0.3, 0.4) is 0 Å². The van der Waals surface area contributed by atoms with Gasteiger partial charge in [0.2, 0.25) is 5.89 Å². The minimum Gasteiger partial charge on any atom is -0.388 e. The number of piperidine rings is 1. The average Bonchev–Trinajstić information content (AvgIpc) is 3.05. The van der Waals surface area contributed by atoms with Crippen molar-refractivity contribution in [2.24, 2.45) is 11.3 Å². The van der Waals surface area contributed by atoms with E-state index in [2.05, 4.69) is 20.8 Å². The first-order valence-corrected chi connectivity index (χ1v) is 9.50. The van der Waals surface area contributed by atoms with E-state index in [0.29, 0.717) is 16.9 Å². The van der Waals surface area contributed by atoms with Crippen molar-refractivity contribution in [3.63, 3.8) is 0 Å². The van der Waals surface area contributed by atoms with Crippen LogP contribution in [0, 0.1) is 11.3 Å². The molecule has 1 aliphatic carbocycles. The number of alkyl halides is 3. The van der Waals surface area contributed by atoms with Crippen molar-refractivity contribution in [2.75, 3.05) is 18.4 Å². The lowest BCUT2D eigenvalue weighted by Crippen LogP contribution is -2.49. The number of halogens is 4. The van der Waals surface area contributed by atoms with E-state index >= 15 is 0 Å². The lowest BCUT2D eigenvalue weighted by atomic mass is 9.56. The number of aromatic nitrogens is 2. The van der Waals surface area contributed by atoms with Crippen LogP contribution in [0.2, 0.25) is 0 Å². The van der Waals surface area contributed by atoms with Gasteiger partial charge in [0.25, 0.3) is 0 Å². The summed E-state index contributed by atoms with van der Waals surface area (Å²) in [6, 6.07) is 3.50. The molecule has 1 aromatic carbocycles. The minimum absolute atomic E-state index is 0. The Morgan fingerprint density at radius 2 is 1.97 bits per heavy atom. The summed E-state index contributed by atoms with van der Waals surface area (Å²) < 4.78 is 45.3. The summed E-state index contributed by atoms with van der Waals surface area (Å²) in [4.78, 5) is 11.2. The normalized spacial score (nSPS) is 20.0. The summed E-state index contributed by atoms with van der Waals surface area (Å²) in [5, 5.41) is 12.2. The first-order chi connectivity index (χ1) is 13.3. The quantitative estimate of drug-likeness (QED) is 0.679. The number of hydrogen-bond donors (Lipinski definition) is 3. The second-order valence-electron chi connectivity index (χ2n) is 8.03. The van der Waals surface area contributed by atoms with Crippen LogP contribution in [0.5, 0.6) is 0 Å². The molecule has 0 bridgehead atoms. The van der Waals surface area contributed by atoms with Crippen LogP contribution in [-0.4, -0.2) is 29.3 Å². The Morgan fingerprint density at radius 1 is 1.28 bits per heavy atom. The van der Waals surface area contributed by atoms with E-state index in [1.807, 2.05) is 6.92 Å². The SMILES string of the molecule is CC(Nc1cc(-c2n[nH]c(=O)o2)ccc1C(F)(F)F)C1CC2(CCNCC2)C1.Cl. The van der Waals surface area contributed by atoms with Crippen LogP contribution in [0.25, 0.3) is 11.5 Å². The van der Waals surface area contributed by atoms with Gasteiger partial charge in [0.05, 0.1) is 5.56 Å². The van der Waals surface area contributed by atoms with Crippen molar-refractivity contribution in [3.05, 3.63) is 34.3 Å². The number of anilines is 1. The van der Waals surface area contributed by atoms with E-state index in [4.69, 9.17) is 4.42 Å². The maximum atomic E-state index is 13.5. The number of hydrogen-bond acceptors (Lipinski definition) is 5. The fourth-order valence-electron chi connectivity index (χ4n) is 4.53. The standard InChI is InChI=1S/C19H23F3N4O2.ClH/c1-11(13-9-18(10-13)4-6-23-7-5-18)24-15-8-12(16-25-26-17(27)28-16)2-3-14(15)19(20,21)22;/h2-3,8,11,13,23-24H,4-7,9-10H2,1H3,(H,26,27);1H. The monoisotopic (exact) mass is 432 g/mol. The molecule has 2 aromatic rings. The van der Waals surface area contributed by atoms with Crippen molar-refractivity contribution >= 4 is 18.1 Å². The van der Waals surface area contributed by atoms with Gasteiger partial charge < -0.3 is 15.1 Å². The highest BCUT2D eigenvalue weighted by Gasteiger charge is 2.46. The highest BCUT2D eigenvalue weighted by atomic mass is 35.5. The van der Waals surface area contributed by atoms with E-state index in [9.17, 15) is 18.0 Å². The molecule has 2 aliphatic rings. The second kappa shape index (κ2) is 8.02. The molecule has 1 saturated heterocycles. The van der Waals surface area contributed by atoms with E-state index in [1.54, 1.807) is 0 Å². The molecule has 1 atom stereocenters. The third kappa shape index (κ3) is 4.45. The Hall–Kier alpha value is -2.00. The molecule has 29 heavy (non-hydrogen) atoms. The summed E-state index contributed by atoms with van der Waals surface area (Å²) >= 11 is 0. The summed E-state index contributed by atoms with van der Waals surface area (Å²) in [7, 11) is 0. The third-order valence-corrected chi connectivity index (χ3v) is 6.15. The fraction of sp³-hybridized carbons (Fsp3) is 0.579. The first kappa shape index (κ1) is 21.7. The van der Waals surface area contributed by atoms with Gasteiger partial charge in [-0.15, -0.1) is 17.5 Å². The zero-order valence-electron chi connectivity index (χ0n) is 15.9. The van der Waals surface area contributed by atoms with Crippen molar-refractivity contribution in [1.82, 2.24) is 15.5 Å². The van der Waals surface area contributed by atoms with Crippen LogP contribution in [-0.2, 0) is 6.18 Å². The van der Waals surface area contributed by atoms with Gasteiger partial charge in [-0.3, -0.25) is 0 Å². The number of rotatable bonds is 4. The molecular weight excluding hydrogens is 409 g/mol. The van der Waals surface area contributed by atoms with Crippen molar-refractivity contribution < 1.29 is 17.6 Å². The molecule has 2 fully saturated rings. The summed E-state index contributed by atoms with van der Waals surface area (Å²) in [6.07, 6.45) is -0.130. The van der Waals surface area contributed by atoms with Gasteiger partial charge in [-0.1, -0.05) is 0 Å². The molecule has 10 heteroatoms. The van der Waals surface area contributed by atoms with Gasteiger partial charge >= 0.3 is 11.9 Å². The molecule has 0 radical (unpaired) electrons. The fourth-order valence-corrected chi connectivity index (χ4v) is 4.53. The zero-order chi connectivity index (χ0) is 19.9. The van der Waals surface area contributed by atoms with Crippen LogP contribution in [0.15, 0.2) is 27.4 Å². The lowest BCUT2D eigenvalue weighted by Gasteiger charge is -2.52.